The van der Waals surface area contributed by atoms with Crippen molar-refractivity contribution in [3.8, 4) is 0 Å². The van der Waals surface area contributed by atoms with Crippen LogP contribution in [-0.4, -0.2) is 29.1 Å². The molecule has 6 heteroatoms. The van der Waals surface area contributed by atoms with Crippen LogP contribution in [0.25, 0.3) is 0 Å². The lowest BCUT2D eigenvalue weighted by molar-refractivity contribution is -0.115. The molecular weight excluding hydrogens is 406 g/mol. The smallest absolute Gasteiger partial charge is 0.251 e. The van der Waals surface area contributed by atoms with E-state index in [1.165, 1.54) is 5.56 Å². The van der Waals surface area contributed by atoms with E-state index in [0.717, 1.165) is 24.8 Å². The second-order valence-electron chi connectivity index (χ2n) is 7.44. The molecule has 1 atom stereocenters. The van der Waals surface area contributed by atoms with Crippen LogP contribution in [0.4, 0.5) is 5.82 Å². The van der Waals surface area contributed by atoms with Gasteiger partial charge in [-0.15, -0.1) is 11.8 Å². The Bertz CT molecular complexity index is 1030. The molecule has 1 saturated heterocycles. The van der Waals surface area contributed by atoms with Gasteiger partial charge in [0.1, 0.15) is 11.2 Å². The van der Waals surface area contributed by atoms with Crippen molar-refractivity contribution in [2.75, 3.05) is 17.2 Å². The minimum absolute atomic E-state index is 0.0296. The van der Waals surface area contributed by atoms with Gasteiger partial charge in [-0.3, -0.25) is 14.5 Å². The Hall–Kier alpha value is -3.12. The molecule has 0 bridgehead atoms. The van der Waals surface area contributed by atoms with Gasteiger partial charge in [0.2, 0.25) is 5.91 Å². The largest absolute Gasteiger partial charge is 0.352 e. The molecule has 1 aromatic heterocycles. The van der Waals surface area contributed by atoms with Crippen molar-refractivity contribution in [2.45, 2.75) is 24.6 Å². The van der Waals surface area contributed by atoms with Crippen LogP contribution in [0.5, 0.6) is 0 Å². The molecule has 0 saturated carbocycles. The summed E-state index contributed by atoms with van der Waals surface area (Å²) in [5, 5.41) is 2.84. The van der Waals surface area contributed by atoms with E-state index in [0.29, 0.717) is 23.7 Å². The SMILES string of the molecule is O=C(NCCCCc1ccccc1)c1cccc(C2SCC(=O)N2c2ccccn2)c1. The summed E-state index contributed by atoms with van der Waals surface area (Å²) >= 11 is 1.55. The normalized spacial score (nSPS) is 15.8. The van der Waals surface area contributed by atoms with E-state index < -0.39 is 0 Å². The van der Waals surface area contributed by atoms with E-state index in [9.17, 15) is 9.59 Å². The van der Waals surface area contributed by atoms with E-state index in [1.807, 2.05) is 48.5 Å². The Kier molecular flexibility index (Phi) is 6.99. The van der Waals surface area contributed by atoms with Crippen LogP contribution < -0.4 is 10.2 Å². The Balaban J connectivity index is 1.35. The Morgan fingerprint density at radius 3 is 2.68 bits per heavy atom. The molecule has 1 fully saturated rings. The highest BCUT2D eigenvalue weighted by Gasteiger charge is 2.35. The fraction of sp³-hybridized carbons (Fsp3) is 0.240. The highest BCUT2D eigenvalue weighted by atomic mass is 32.2. The Morgan fingerprint density at radius 1 is 1.03 bits per heavy atom. The maximum absolute atomic E-state index is 12.6. The number of unbranched alkanes of at least 4 members (excludes halogenated alkanes) is 1. The molecule has 2 amide bonds. The number of carbonyl (C=O) groups is 2. The zero-order chi connectivity index (χ0) is 21.5. The lowest BCUT2D eigenvalue weighted by Gasteiger charge is -2.23. The molecule has 2 heterocycles. The topological polar surface area (TPSA) is 62.3 Å². The van der Waals surface area contributed by atoms with Gasteiger partial charge in [0.05, 0.1) is 5.75 Å². The molecule has 31 heavy (non-hydrogen) atoms. The van der Waals surface area contributed by atoms with Gasteiger partial charge in [0.25, 0.3) is 5.91 Å². The molecule has 4 rings (SSSR count). The summed E-state index contributed by atoms with van der Waals surface area (Å²) in [7, 11) is 0. The second-order valence-corrected chi connectivity index (χ2v) is 8.51. The van der Waals surface area contributed by atoms with Crippen LogP contribution in [-0.2, 0) is 11.2 Å². The third kappa shape index (κ3) is 5.33. The molecule has 1 unspecified atom stereocenters. The van der Waals surface area contributed by atoms with E-state index >= 15 is 0 Å². The first kappa shape index (κ1) is 21.1. The van der Waals surface area contributed by atoms with Crippen molar-refractivity contribution >= 4 is 29.4 Å². The van der Waals surface area contributed by atoms with Gasteiger partial charge in [-0.2, -0.15) is 0 Å². The average molecular weight is 432 g/mol. The number of hydrogen-bond donors (Lipinski definition) is 1. The Morgan fingerprint density at radius 2 is 1.87 bits per heavy atom. The van der Waals surface area contributed by atoms with Gasteiger partial charge < -0.3 is 5.32 Å². The molecule has 2 aromatic carbocycles. The average Bonchev–Trinajstić information content (AvgIpc) is 3.21. The third-order valence-electron chi connectivity index (χ3n) is 5.22. The number of thioether (sulfide) groups is 1. The summed E-state index contributed by atoms with van der Waals surface area (Å²) in [6.07, 6.45) is 4.66. The molecule has 1 aliphatic heterocycles. The first-order valence-corrected chi connectivity index (χ1v) is 11.5. The number of hydrogen-bond acceptors (Lipinski definition) is 4. The van der Waals surface area contributed by atoms with E-state index in [-0.39, 0.29) is 17.2 Å². The van der Waals surface area contributed by atoms with Gasteiger partial charge in [0, 0.05) is 18.3 Å². The van der Waals surface area contributed by atoms with E-state index in [2.05, 4.69) is 34.6 Å². The van der Waals surface area contributed by atoms with Crippen LogP contribution in [0.15, 0.2) is 79.0 Å². The maximum atomic E-state index is 12.6. The van der Waals surface area contributed by atoms with Gasteiger partial charge in [0.15, 0.2) is 0 Å². The van der Waals surface area contributed by atoms with Crippen molar-refractivity contribution in [1.29, 1.82) is 0 Å². The lowest BCUT2D eigenvalue weighted by atomic mass is 10.1. The van der Waals surface area contributed by atoms with Crippen molar-refractivity contribution in [3.05, 3.63) is 95.7 Å². The number of carbonyl (C=O) groups excluding carboxylic acids is 2. The van der Waals surface area contributed by atoms with Crippen LogP contribution in [0.3, 0.4) is 0 Å². The number of rotatable bonds is 8. The highest BCUT2D eigenvalue weighted by molar-refractivity contribution is 8.00. The van der Waals surface area contributed by atoms with Crippen LogP contribution in [0.1, 0.15) is 39.7 Å². The summed E-state index contributed by atoms with van der Waals surface area (Å²) in [4.78, 5) is 31.2. The molecule has 0 spiro atoms. The second kappa shape index (κ2) is 10.3. The number of pyridine rings is 1. The number of anilines is 1. The summed E-state index contributed by atoms with van der Waals surface area (Å²) in [6, 6.07) is 23.5. The fourth-order valence-electron chi connectivity index (χ4n) is 3.65. The summed E-state index contributed by atoms with van der Waals surface area (Å²) < 4.78 is 0. The highest BCUT2D eigenvalue weighted by Crippen LogP contribution is 2.41. The van der Waals surface area contributed by atoms with E-state index in [1.54, 1.807) is 22.9 Å². The number of aromatic nitrogens is 1. The molecule has 1 N–H and O–H groups in total. The maximum Gasteiger partial charge on any atom is 0.251 e. The van der Waals surface area contributed by atoms with Gasteiger partial charge >= 0.3 is 0 Å². The standard InChI is InChI=1S/C25H25N3O2S/c29-23-18-31-25(28(23)22-14-5-7-15-26-22)21-13-8-12-20(17-21)24(30)27-16-6-4-11-19-9-2-1-3-10-19/h1-3,5,7-10,12-15,17,25H,4,6,11,16,18H2,(H,27,30). The molecular formula is C25H25N3O2S. The number of amides is 2. The van der Waals surface area contributed by atoms with Crippen molar-refractivity contribution in [2.24, 2.45) is 0 Å². The molecule has 3 aromatic rings. The molecule has 0 aliphatic carbocycles. The van der Waals surface area contributed by atoms with Crippen molar-refractivity contribution in [3.63, 3.8) is 0 Å². The predicted molar refractivity (Wildman–Crippen MR) is 125 cm³/mol. The first-order valence-electron chi connectivity index (χ1n) is 10.5. The number of aryl methyl sites for hydroxylation is 1. The molecule has 158 valence electrons. The third-order valence-corrected chi connectivity index (χ3v) is 6.43. The number of benzene rings is 2. The van der Waals surface area contributed by atoms with Gasteiger partial charge in [-0.05, 0) is 54.7 Å². The minimum Gasteiger partial charge on any atom is -0.352 e. The monoisotopic (exact) mass is 431 g/mol. The summed E-state index contributed by atoms with van der Waals surface area (Å²) in [5.74, 6) is 0.983. The number of nitrogens with one attached hydrogen (secondary N) is 1. The lowest BCUT2D eigenvalue weighted by Crippen LogP contribution is -2.29. The summed E-state index contributed by atoms with van der Waals surface area (Å²) in [6.45, 7) is 0.645. The molecule has 5 nitrogen and oxygen atoms in total. The van der Waals surface area contributed by atoms with Crippen LogP contribution in [0, 0.1) is 0 Å². The van der Waals surface area contributed by atoms with Crippen LogP contribution >= 0.6 is 11.8 Å². The minimum atomic E-state index is -0.180. The molecule has 1 aliphatic rings. The van der Waals surface area contributed by atoms with Crippen molar-refractivity contribution < 1.29 is 9.59 Å². The van der Waals surface area contributed by atoms with Crippen LogP contribution in [0.2, 0.25) is 0 Å². The zero-order valence-corrected chi connectivity index (χ0v) is 18.1. The van der Waals surface area contributed by atoms with E-state index in [4.69, 9.17) is 0 Å². The summed E-state index contributed by atoms with van der Waals surface area (Å²) in [5.41, 5.74) is 2.86. The van der Waals surface area contributed by atoms with Gasteiger partial charge in [-0.25, -0.2) is 4.98 Å². The number of nitrogens with zero attached hydrogens (tertiary/aromatic N) is 2. The fourth-order valence-corrected chi connectivity index (χ4v) is 4.80. The molecule has 0 radical (unpaired) electrons. The van der Waals surface area contributed by atoms with Crippen molar-refractivity contribution in [1.82, 2.24) is 10.3 Å². The Labute approximate surface area is 186 Å². The predicted octanol–water partition coefficient (Wildman–Crippen LogP) is 4.61. The quantitative estimate of drug-likeness (QED) is 0.529. The zero-order valence-electron chi connectivity index (χ0n) is 17.2. The van der Waals surface area contributed by atoms with Gasteiger partial charge in [-0.1, -0.05) is 48.5 Å². The first-order chi connectivity index (χ1) is 15.2.